The largest absolute Gasteiger partial charge is 0.480 e. The Morgan fingerprint density at radius 3 is 2.67 bits per heavy atom. The molecule has 0 radical (unpaired) electrons. The van der Waals surface area contributed by atoms with Gasteiger partial charge in [0, 0.05) is 13.0 Å². The molecule has 0 atom stereocenters. The van der Waals surface area contributed by atoms with Crippen LogP contribution in [-0.4, -0.2) is 29.1 Å². The molecule has 0 spiro atoms. The van der Waals surface area contributed by atoms with Gasteiger partial charge >= 0.3 is 12.1 Å². The number of methoxy groups -OCH3 is 1. The summed E-state index contributed by atoms with van der Waals surface area (Å²) in [5.74, 6) is -0.856. The number of pyridine rings is 1. The highest BCUT2D eigenvalue weighted by Crippen LogP contribution is 2.25. The lowest BCUT2D eigenvalue weighted by Crippen LogP contribution is -2.17. The number of nitro groups is 1. The van der Waals surface area contributed by atoms with Crippen molar-refractivity contribution in [1.82, 2.24) is 4.98 Å². The van der Waals surface area contributed by atoms with E-state index < -0.39 is 17.0 Å². The lowest BCUT2D eigenvalue weighted by Gasteiger charge is -2.07. The van der Waals surface area contributed by atoms with Gasteiger partial charge in [-0.15, -0.1) is 0 Å². The minimum atomic E-state index is -1.08. The van der Waals surface area contributed by atoms with Gasteiger partial charge in [-0.2, -0.15) is 0 Å². The Bertz CT molecular complexity index is 501. The van der Waals surface area contributed by atoms with Gasteiger partial charge in [0.25, 0.3) is 5.69 Å². The minimum absolute atomic E-state index is 0.0406. The molecule has 0 aliphatic carbocycles. The molecule has 0 saturated heterocycles. The summed E-state index contributed by atoms with van der Waals surface area (Å²) in [5.41, 5.74) is -0.410. The number of carbonyl (C=O) groups is 2. The maximum absolute atomic E-state index is 11.2. The van der Waals surface area contributed by atoms with Crippen LogP contribution < -0.4 is 10.1 Å². The first-order valence-corrected chi connectivity index (χ1v) is 4.62. The van der Waals surface area contributed by atoms with Crippen LogP contribution in [0.25, 0.3) is 0 Å². The second kappa shape index (κ2) is 5.57. The fraction of sp³-hybridized carbons (Fsp3) is 0.222. The molecule has 0 bridgehead atoms. The number of rotatable bonds is 3. The van der Waals surface area contributed by atoms with Gasteiger partial charge in [-0.1, -0.05) is 0 Å². The molecule has 1 aromatic rings. The summed E-state index contributed by atoms with van der Waals surface area (Å²) >= 11 is 0. The third-order valence-electron chi connectivity index (χ3n) is 1.71. The Morgan fingerprint density at radius 2 is 2.17 bits per heavy atom. The smallest absolute Gasteiger partial charge is 0.419 e. The van der Waals surface area contributed by atoms with Gasteiger partial charge in [-0.25, -0.2) is 9.78 Å². The van der Waals surface area contributed by atoms with E-state index in [0.717, 1.165) is 19.2 Å². The maximum Gasteiger partial charge on any atom is 0.419 e. The highest BCUT2D eigenvalue weighted by atomic mass is 16.6. The van der Waals surface area contributed by atoms with Gasteiger partial charge in [0.2, 0.25) is 5.88 Å². The maximum atomic E-state index is 11.2. The quantitative estimate of drug-likeness (QED) is 0.371. The number of anilines is 1. The SMILES string of the molecule is COc1ncc([N+](=O)[O-])cc1NC(=O)OC(C)=O. The van der Waals surface area contributed by atoms with Crippen molar-refractivity contribution in [3.8, 4) is 5.88 Å². The van der Waals surface area contributed by atoms with Gasteiger partial charge in [0.15, 0.2) is 0 Å². The number of ether oxygens (including phenoxy) is 2. The molecular formula is C9H9N3O6. The van der Waals surface area contributed by atoms with Crippen LogP contribution in [0.1, 0.15) is 6.92 Å². The van der Waals surface area contributed by atoms with E-state index in [1.807, 2.05) is 0 Å². The molecule has 0 fully saturated rings. The van der Waals surface area contributed by atoms with Gasteiger partial charge < -0.3 is 9.47 Å². The summed E-state index contributed by atoms with van der Waals surface area (Å²) in [7, 11) is 1.27. The molecular weight excluding hydrogens is 246 g/mol. The Labute approximate surface area is 101 Å². The Morgan fingerprint density at radius 1 is 1.50 bits per heavy atom. The normalized spacial score (nSPS) is 9.44. The van der Waals surface area contributed by atoms with E-state index in [2.05, 4.69) is 15.0 Å². The molecule has 1 N–H and O–H groups in total. The number of nitrogens with one attached hydrogen (secondary N) is 1. The summed E-state index contributed by atoms with van der Waals surface area (Å²) in [6.07, 6.45) is -0.108. The van der Waals surface area contributed by atoms with E-state index in [4.69, 9.17) is 4.74 Å². The van der Waals surface area contributed by atoms with Crippen molar-refractivity contribution in [2.45, 2.75) is 6.92 Å². The molecule has 1 heterocycles. The molecule has 0 aliphatic heterocycles. The van der Waals surface area contributed by atoms with E-state index in [-0.39, 0.29) is 17.3 Å². The first-order valence-electron chi connectivity index (χ1n) is 4.62. The highest BCUT2D eigenvalue weighted by molar-refractivity contribution is 5.93. The van der Waals surface area contributed by atoms with Gasteiger partial charge in [0.1, 0.15) is 11.9 Å². The van der Waals surface area contributed by atoms with Gasteiger partial charge in [-0.3, -0.25) is 20.2 Å². The summed E-state index contributed by atoms with van der Waals surface area (Å²) in [5, 5.41) is 12.7. The predicted octanol–water partition coefficient (Wildman–Crippen LogP) is 1.09. The number of hydrogen-bond donors (Lipinski definition) is 1. The zero-order chi connectivity index (χ0) is 13.7. The second-order valence-electron chi connectivity index (χ2n) is 3.01. The van der Waals surface area contributed by atoms with Crippen molar-refractivity contribution in [3.05, 3.63) is 22.4 Å². The number of amides is 1. The molecule has 1 amide bonds. The van der Waals surface area contributed by atoms with E-state index in [0.29, 0.717) is 0 Å². The number of esters is 1. The second-order valence-corrected chi connectivity index (χ2v) is 3.01. The monoisotopic (exact) mass is 255 g/mol. The minimum Gasteiger partial charge on any atom is -0.480 e. The van der Waals surface area contributed by atoms with Crippen molar-refractivity contribution in [2.75, 3.05) is 12.4 Å². The first-order chi connectivity index (χ1) is 8.43. The molecule has 1 rings (SSSR count). The van der Waals surface area contributed by atoms with E-state index in [1.165, 1.54) is 7.11 Å². The summed E-state index contributed by atoms with van der Waals surface area (Å²) < 4.78 is 9.01. The van der Waals surface area contributed by atoms with Crippen LogP contribution >= 0.6 is 0 Å². The van der Waals surface area contributed by atoms with Gasteiger partial charge in [0.05, 0.1) is 12.0 Å². The zero-order valence-electron chi connectivity index (χ0n) is 9.50. The Balaban J connectivity index is 2.97. The Kier molecular flexibility index (Phi) is 4.13. The third-order valence-corrected chi connectivity index (χ3v) is 1.71. The number of nitrogens with zero attached hydrogens (tertiary/aromatic N) is 2. The van der Waals surface area contributed by atoms with Crippen LogP contribution in [0.15, 0.2) is 12.3 Å². The standard InChI is InChI=1S/C9H9N3O6/c1-5(13)18-9(14)11-7-3-6(12(15)16)4-10-8(7)17-2/h3-4H,1-2H3,(H,11,14). The third kappa shape index (κ3) is 3.40. The van der Waals surface area contributed by atoms with E-state index >= 15 is 0 Å². The van der Waals surface area contributed by atoms with Crippen LogP contribution in [0.2, 0.25) is 0 Å². The molecule has 0 unspecified atom stereocenters. The average Bonchev–Trinajstić information content (AvgIpc) is 2.27. The van der Waals surface area contributed by atoms with Crippen LogP contribution in [0.4, 0.5) is 16.2 Å². The van der Waals surface area contributed by atoms with Crippen molar-refractivity contribution < 1.29 is 24.0 Å². The number of hydrogen-bond acceptors (Lipinski definition) is 7. The fourth-order valence-electron chi connectivity index (χ4n) is 1.06. The lowest BCUT2D eigenvalue weighted by atomic mass is 10.3. The summed E-state index contributed by atoms with van der Waals surface area (Å²) in [4.78, 5) is 35.2. The molecule has 9 nitrogen and oxygen atoms in total. The van der Waals surface area contributed by atoms with Crippen LogP contribution in [0.5, 0.6) is 5.88 Å². The van der Waals surface area contributed by atoms with Crippen molar-refractivity contribution in [2.24, 2.45) is 0 Å². The Hall–Kier alpha value is -2.71. The van der Waals surface area contributed by atoms with Crippen molar-refractivity contribution in [3.63, 3.8) is 0 Å². The fourth-order valence-corrected chi connectivity index (χ4v) is 1.06. The molecule has 96 valence electrons. The van der Waals surface area contributed by atoms with Gasteiger partial charge in [-0.05, 0) is 0 Å². The van der Waals surface area contributed by atoms with Crippen LogP contribution in [0.3, 0.4) is 0 Å². The number of carbonyl (C=O) groups excluding carboxylic acids is 2. The highest BCUT2D eigenvalue weighted by Gasteiger charge is 2.16. The first kappa shape index (κ1) is 13.4. The summed E-state index contributed by atoms with van der Waals surface area (Å²) in [6.45, 7) is 1.04. The zero-order valence-corrected chi connectivity index (χ0v) is 9.50. The topological polar surface area (TPSA) is 121 Å². The molecule has 18 heavy (non-hydrogen) atoms. The molecule has 0 aliphatic rings. The summed E-state index contributed by atoms with van der Waals surface area (Å²) in [6, 6.07) is 1.03. The van der Waals surface area contributed by atoms with Crippen LogP contribution in [0, 0.1) is 10.1 Å². The van der Waals surface area contributed by atoms with Crippen LogP contribution in [-0.2, 0) is 9.53 Å². The average molecular weight is 255 g/mol. The van der Waals surface area contributed by atoms with Crippen molar-refractivity contribution in [1.29, 1.82) is 0 Å². The van der Waals surface area contributed by atoms with Crippen molar-refractivity contribution >= 4 is 23.4 Å². The molecule has 0 saturated carbocycles. The molecule has 9 heteroatoms. The van der Waals surface area contributed by atoms with E-state index in [9.17, 15) is 19.7 Å². The number of aromatic nitrogens is 1. The predicted molar refractivity (Wildman–Crippen MR) is 58.2 cm³/mol. The lowest BCUT2D eigenvalue weighted by molar-refractivity contribution is -0.385. The molecule has 1 aromatic heterocycles. The van der Waals surface area contributed by atoms with E-state index in [1.54, 1.807) is 0 Å². The molecule has 0 aromatic carbocycles.